The highest BCUT2D eigenvalue weighted by molar-refractivity contribution is 6.25. The largest absolute Gasteiger partial charge is 0.383 e. The van der Waals surface area contributed by atoms with Crippen molar-refractivity contribution in [1.82, 2.24) is 4.90 Å². The van der Waals surface area contributed by atoms with Crippen LogP contribution < -0.4 is 0 Å². The summed E-state index contributed by atoms with van der Waals surface area (Å²) in [6.07, 6.45) is 2.45. The molecule has 0 N–H and O–H groups in total. The third-order valence-corrected chi connectivity index (χ3v) is 2.35. The van der Waals surface area contributed by atoms with Crippen molar-refractivity contribution in [3.8, 4) is 0 Å². The molecule has 0 radical (unpaired) electrons. The van der Waals surface area contributed by atoms with E-state index in [9.17, 15) is 4.79 Å². The normalized spacial score (nSPS) is 17.3. The number of Topliss-reactive ketones (excluding diaryl/α,β-unsaturated/α-hetero) is 1. The summed E-state index contributed by atoms with van der Waals surface area (Å²) in [7, 11) is 3.86. The number of carbonyl (C=O) groups excluding carboxylic acids is 1. The van der Waals surface area contributed by atoms with Gasteiger partial charge in [0.2, 0.25) is 0 Å². The molecule has 0 amide bonds. The lowest BCUT2D eigenvalue weighted by atomic mass is 10.1. The standard InChI is InChI=1S/C12H13NO/c1-13(2)8-11-10-6-4-3-5-9(10)7-12(11)14/h3-6,8H,7H2,1-2H3. The van der Waals surface area contributed by atoms with Gasteiger partial charge in [0.25, 0.3) is 0 Å². The van der Waals surface area contributed by atoms with Gasteiger partial charge in [0.15, 0.2) is 5.78 Å². The fourth-order valence-corrected chi connectivity index (χ4v) is 1.76. The van der Waals surface area contributed by atoms with Crippen LogP contribution >= 0.6 is 0 Å². The second-order valence-corrected chi connectivity index (χ2v) is 3.76. The highest BCUT2D eigenvalue weighted by atomic mass is 16.1. The van der Waals surface area contributed by atoms with Crippen LogP contribution in [0, 0.1) is 0 Å². The van der Waals surface area contributed by atoms with Crippen LogP contribution in [0.15, 0.2) is 30.5 Å². The zero-order valence-electron chi connectivity index (χ0n) is 8.45. The topological polar surface area (TPSA) is 20.3 Å². The van der Waals surface area contributed by atoms with Crippen molar-refractivity contribution < 1.29 is 4.79 Å². The number of nitrogens with zero attached hydrogens (tertiary/aromatic N) is 1. The summed E-state index contributed by atoms with van der Waals surface area (Å²) >= 11 is 0. The molecule has 72 valence electrons. The second-order valence-electron chi connectivity index (χ2n) is 3.76. The number of hydrogen-bond acceptors (Lipinski definition) is 2. The Morgan fingerprint density at radius 1 is 1.29 bits per heavy atom. The summed E-state index contributed by atoms with van der Waals surface area (Å²) in [6, 6.07) is 7.98. The quantitative estimate of drug-likeness (QED) is 0.624. The highest BCUT2D eigenvalue weighted by Crippen LogP contribution is 2.28. The van der Waals surface area contributed by atoms with Gasteiger partial charge < -0.3 is 4.90 Å². The molecule has 1 aromatic rings. The van der Waals surface area contributed by atoms with Crippen LogP contribution in [0.2, 0.25) is 0 Å². The van der Waals surface area contributed by atoms with Gasteiger partial charge in [-0.2, -0.15) is 0 Å². The van der Waals surface area contributed by atoms with Crippen LogP contribution in [0.1, 0.15) is 11.1 Å². The summed E-state index contributed by atoms with van der Waals surface area (Å²) in [5.41, 5.74) is 3.07. The summed E-state index contributed by atoms with van der Waals surface area (Å²) in [5.74, 6) is 0.222. The molecule has 2 rings (SSSR count). The predicted octanol–water partition coefficient (Wildman–Crippen LogP) is 1.71. The number of hydrogen-bond donors (Lipinski definition) is 0. The molecule has 0 saturated carbocycles. The van der Waals surface area contributed by atoms with Crippen molar-refractivity contribution in [2.45, 2.75) is 6.42 Å². The van der Waals surface area contributed by atoms with Crippen molar-refractivity contribution in [3.05, 3.63) is 41.6 Å². The lowest BCUT2D eigenvalue weighted by Gasteiger charge is -2.06. The number of benzene rings is 1. The van der Waals surface area contributed by atoms with Crippen molar-refractivity contribution in [2.75, 3.05) is 14.1 Å². The van der Waals surface area contributed by atoms with E-state index in [1.54, 1.807) is 0 Å². The fraction of sp³-hybridized carbons (Fsp3) is 0.250. The van der Waals surface area contributed by atoms with Gasteiger partial charge in [0, 0.05) is 32.3 Å². The van der Waals surface area contributed by atoms with Crippen molar-refractivity contribution >= 4 is 11.4 Å². The Labute approximate surface area is 83.8 Å². The number of rotatable bonds is 1. The van der Waals surface area contributed by atoms with Gasteiger partial charge >= 0.3 is 0 Å². The van der Waals surface area contributed by atoms with E-state index in [0.717, 1.165) is 16.7 Å². The molecule has 2 heteroatoms. The smallest absolute Gasteiger partial charge is 0.169 e. The Morgan fingerprint density at radius 3 is 2.71 bits per heavy atom. The van der Waals surface area contributed by atoms with Gasteiger partial charge in [-0.3, -0.25) is 4.79 Å². The third-order valence-electron chi connectivity index (χ3n) is 2.35. The summed E-state index contributed by atoms with van der Waals surface area (Å²) in [5, 5.41) is 0. The van der Waals surface area contributed by atoms with Crippen LogP contribution in [0.5, 0.6) is 0 Å². The summed E-state index contributed by atoms with van der Waals surface area (Å²) in [6.45, 7) is 0. The van der Waals surface area contributed by atoms with E-state index in [1.807, 2.05) is 49.5 Å². The summed E-state index contributed by atoms with van der Waals surface area (Å²) in [4.78, 5) is 13.6. The number of ketones is 1. The molecule has 0 spiro atoms. The average Bonchev–Trinajstić information content (AvgIpc) is 2.43. The number of fused-ring (bicyclic) bond motifs is 1. The highest BCUT2D eigenvalue weighted by Gasteiger charge is 2.23. The van der Waals surface area contributed by atoms with Gasteiger partial charge in [-0.15, -0.1) is 0 Å². The Bertz CT molecular complexity index is 405. The van der Waals surface area contributed by atoms with E-state index >= 15 is 0 Å². The SMILES string of the molecule is CN(C)C=C1C(=O)Cc2ccccc21. The third kappa shape index (κ3) is 1.43. The molecule has 0 heterocycles. The first kappa shape index (κ1) is 9.00. The van der Waals surface area contributed by atoms with Gasteiger partial charge in [0.1, 0.15) is 0 Å². The fourth-order valence-electron chi connectivity index (χ4n) is 1.76. The Hall–Kier alpha value is -1.57. The second kappa shape index (κ2) is 3.29. The van der Waals surface area contributed by atoms with Crippen LogP contribution in [-0.4, -0.2) is 24.8 Å². The molecule has 14 heavy (non-hydrogen) atoms. The Morgan fingerprint density at radius 2 is 2.00 bits per heavy atom. The molecule has 1 aliphatic carbocycles. The van der Waals surface area contributed by atoms with Crippen LogP contribution in [0.4, 0.5) is 0 Å². The predicted molar refractivity (Wildman–Crippen MR) is 56.8 cm³/mol. The van der Waals surface area contributed by atoms with Crippen molar-refractivity contribution in [3.63, 3.8) is 0 Å². The zero-order chi connectivity index (χ0) is 10.1. The van der Waals surface area contributed by atoms with E-state index in [2.05, 4.69) is 0 Å². The van der Waals surface area contributed by atoms with E-state index in [0.29, 0.717) is 6.42 Å². The lowest BCUT2D eigenvalue weighted by molar-refractivity contribution is -0.112. The molecule has 0 aromatic heterocycles. The number of carbonyl (C=O) groups is 1. The Kier molecular flexibility index (Phi) is 2.12. The minimum Gasteiger partial charge on any atom is -0.383 e. The van der Waals surface area contributed by atoms with E-state index in [-0.39, 0.29) is 5.78 Å². The Balaban J connectivity index is 2.50. The maximum atomic E-state index is 11.7. The average molecular weight is 187 g/mol. The van der Waals surface area contributed by atoms with Gasteiger partial charge in [-0.1, -0.05) is 24.3 Å². The maximum Gasteiger partial charge on any atom is 0.169 e. The lowest BCUT2D eigenvalue weighted by Crippen LogP contribution is -2.05. The van der Waals surface area contributed by atoms with Crippen LogP contribution in [0.25, 0.3) is 5.57 Å². The molecular weight excluding hydrogens is 174 g/mol. The van der Waals surface area contributed by atoms with E-state index in [4.69, 9.17) is 0 Å². The van der Waals surface area contributed by atoms with Crippen LogP contribution in [0.3, 0.4) is 0 Å². The van der Waals surface area contributed by atoms with Crippen LogP contribution in [-0.2, 0) is 11.2 Å². The van der Waals surface area contributed by atoms with E-state index in [1.165, 1.54) is 0 Å². The molecular formula is C12H13NO. The molecule has 2 nitrogen and oxygen atoms in total. The molecule has 1 aromatic carbocycles. The molecule has 0 saturated heterocycles. The molecule has 0 fully saturated rings. The summed E-state index contributed by atoms with van der Waals surface area (Å²) < 4.78 is 0. The zero-order valence-corrected chi connectivity index (χ0v) is 8.45. The van der Waals surface area contributed by atoms with Gasteiger partial charge in [-0.25, -0.2) is 0 Å². The first-order valence-corrected chi connectivity index (χ1v) is 4.68. The van der Waals surface area contributed by atoms with Crippen molar-refractivity contribution in [2.24, 2.45) is 0 Å². The first-order chi connectivity index (χ1) is 6.68. The molecule has 1 aliphatic rings. The molecule has 0 bridgehead atoms. The monoisotopic (exact) mass is 187 g/mol. The molecule has 0 atom stereocenters. The minimum absolute atomic E-state index is 0.222. The molecule has 0 unspecified atom stereocenters. The van der Waals surface area contributed by atoms with E-state index < -0.39 is 0 Å². The first-order valence-electron chi connectivity index (χ1n) is 4.68. The number of allylic oxidation sites excluding steroid dienone is 1. The van der Waals surface area contributed by atoms with Gasteiger partial charge in [-0.05, 0) is 11.1 Å². The van der Waals surface area contributed by atoms with Gasteiger partial charge in [0.05, 0.1) is 0 Å². The molecule has 0 aliphatic heterocycles. The van der Waals surface area contributed by atoms with Crippen molar-refractivity contribution in [1.29, 1.82) is 0 Å². The minimum atomic E-state index is 0.222. The maximum absolute atomic E-state index is 11.7.